The van der Waals surface area contributed by atoms with E-state index >= 15 is 0 Å². The molecule has 7 heteroatoms. The monoisotopic (exact) mass is 356 g/mol. The van der Waals surface area contributed by atoms with Crippen LogP contribution in [0.5, 0.6) is 0 Å². The maximum Gasteiger partial charge on any atom is 0.242 e. The molecule has 2 heterocycles. The first kappa shape index (κ1) is 25.4. The third-order valence-electron chi connectivity index (χ3n) is 2.95. The van der Waals surface area contributed by atoms with Crippen LogP contribution >= 0.6 is 0 Å². The summed E-state index contributed by atoms with van der Waals surface area (Å²) in [5.41, 5.74) is 0.991. The fourth-order valence-corrected chi connectivity index (χ4v) is 2.18. The maximum atomic E-state index is 11.9. The molecule has 0 aromatic carbocycles. The van der Waals surface area contributed by atoms with Crippen molar-refractivity contribution < 1.29 is 14.3 Å². The number of imidazole rings is 1. The zero-order valence-corrected chi connectivity index (χ0v) is 16.9. The van der Waals surface area contributed by atoms with Crippen molar-refractivity contribution in [3.05, 3.63) is 17.7 Å². The first-order valence-corrected chi connectivity index (χ1v) is 8.93. The summed E-state index contributed by atoms with van der Waals surface area (Å²) in [5.74, 6) is 0.771. The lowest BCUT2D eigenvalue weighted by Gasteiger charge is -2.22. The summed E-state index contributed by atoms with van der Waals surface area (Å²) >= 11 is 0. The molecular weight excluding hydrogens is 320 g/mol. The topological polar surface area (TPSA) is 87.3 Å². The molecule has 1 aliphatic rings. The fraction of sp³-hybridized carbons (Fsp3) is 0.722. The van der Waals surface area contributed by atoms with Gasteiger partial charge in [-0.25, -0.2) is 4.98 Å². The van der Waals surface area contributed by atoms with Crippen molar-refractivity contribution in [2.75, 3.05) is 27.3 Å². The van der Waals surface area contributed by atoms with E-state index in [1.807, 2.05) is 20.8 Å². The molecule has 0 unspecified atom stereocenters. The molecule has 1 fully saturated rings. The Bertz CT molecular complexity index is 447. The zero-order valence-electron chi connectivity index (χ0n) is 16.9. The Hall–Kier alpha value is -1.89. The van der Waals surface area contributed by atoms with E-state index in [4.69, 9.17) is 0 Å². The Morgan fingerprint density at radius 2 is 2.00 bits per heavy atom. The first-order valence-electron chi connectivity index (χ1n) is 8.93. The lowest BCUT2D eigenvalue weighted by molar-refractivity contribution is -0.132. The van der Waals surface area contributed by atoms with Crippen molar-refractivity contribution in [3.63, 3.8) is 0 Å². The smallest absolute Gasteiger partial charge is 0.242 e. The number of H-pyrrole nitrogens is 1. The quantitative estimate of drug-likeness (QED) is 0.812. The van der Waals surface area contributed by atoms with Gasteiger partial charge in [0.25, 0.3) is 0 Å². The minimum Gasteiger partial charge on any atom is -0.388 e. The van der Waals surface area contributed by atoms with Gasteiger partial charge in [0.1, 0.15) is 5.82 Å². The number of aromatic nitrogens is 2. The molecule has 0 radical (unpaired) electrons. The van der Waals surface area contributed by atoms with Crippen LogP contribution in [0.25, 0.3) is 0 Å². The molecule has 0 saturated carbocycles. The number of nitrogens with zero attached hydrogens (tertiary/aromatic N) is 2. The number of carbonyl (C=O) groups is 2. The van der Waals surface area contributed by atoms with Crippen molar-refractivity contribution in [2.24, 2.45) is 0 Å². The highest BCUT2D eigenvalue weighted by molar-refractivity contribution is 5.80. The Morgan fingerprint density at radius 3 is 2.44 bits per heavy atom. The molecule has 2 amide bonds. The van der Waals surface area contributed by atoms with E-state index in [0.29, 0.717) is 6.41 Å². The number of hydrogen-bond acceptors (Lipinski definition) is 4. The van der Waals surface area contributed by atoms with Crippen molar-refractivity contribution >= 4 is 12.3 Å². The predicted octanol–water partition coefficient (Wildman–Crippen LogP) is 2.83. The number of amides is 2. The van der Waals surface area contributed by atoms with Gasteiger partial charge < -0.3 is 19.9 Å². The van der Waals surface area contributed by atoms with Crippen molar-refractivity contribution in [2.45, 2.75) is 59.9 Å². The van der Waals surface area contributed by atoms with Gasteiger partial charge in [0.05, 0.1) is 12.6 Å². The molecule has 1 aliphatic heterocycles. The predicted molar refractivity (Wildman–Crippen MR) is 101 cm³/mol. The van der Waals surface area contributed by atoms with Crippen LogP contribution in [0, 0.1) is 6.92 Å². The van der Waals surface area contributed by atoms with Crippen LogP contribution in [-0.2, 0) is 14.3 Å². The number of rotatable bonds is 4. The first-order chi connectivity index (χ1) is 12.0. The van der Waals surface area contributed by atoms with Gasteiger partial charge >= 0.3 is 0 Å². The number of aryl methyl sites for hydroxylation is 1. The minimum atomic E-state index is -0.0614. The van der Waals surface area contributed by atoms with Gasteiger partial charge in [-0.3, -0.25) is 9.59 Å². The summed E-state index contributed by atoms with van der Waals surface area (Å²) in [6.45, 7) is 11.0. The van der Waals surface area contributed by atoms with Crippen molar-refractivity contribution in [1.82, 2.24) is 20.2 Å². The van der Waals surface area contributed by atoms with E-state index in [1.165, 1.54) is 6.42 Å². The standard InChI is InChI=1S/C11H16N4O2.C3H8.C2H6O.C2H6/c1-8-5-13-11(14-8)9-3-2-4-15(9)10(17)6-12-7-16;2*1-3-2;1-2/h5,7,9H,2-4,6H2,1H3,(H,12,16)(H,13,14);3H2,1-2H3;1-2H3;1-2H3/t9-;;;/m0.../s1. The van der Waals surface area contributed by atoms with Crippen LogP contribution in [-0.4, -0.2) is 54.5 Å². The summed E-state index contributed by atoms with van der Waals surface area (Å²) < 4.78 is 4.25. The number of aromatic amines is 1. The molecule has 25 heavy (non-hydrogen) atoms. The Labute approximate surface area is 152 Å². The number of carbonyl (C=O) groups excluding carboxylic acids is 2. The van der Waals surface area contributed by atoms with Crippen LogP contribution < -0.4 is 5.32 Å². The third kappa shape index (κ3) is 10.6. The summed E-state index contributed by atoms with van der Waals surface area (Å²) in [6, 6.07) is 0.0182. The van der Waals surface area contributed by atoms with Crippen LogP contribution in [0.3, 0.4) is 0 Å². The number of nitrogens with one attached hydrogen (secondary N) is 2. The highest BCUT2D eigenvalue weighted by atomic mass is 16.4. The highest BCUT2D eigenvalue weighted by Crippen LogP contribution is 2.29. The molecule has 0 spiro atoms. The van der Waals surface area contributed by atoms with E-state index in [1.54, 1.807) is 25.3 Å². The third-order valence-corrected chi connectivity index (χ3v) is 2.95. The minimum absolute atomic E-state index is 0.0182. The second-order valence-corrected chi connectivity index (χ2v) is 5.31. The normalized spacial score (nSPS) is 14.8. The average Bonchev–Trinajstić information content (AvgIpc) is 3.24. The van der Waals surface area contributed by atoms with Crippen LogP contribution in [0.1, 0.15) is 64.5 Å². The molecular formula is C18H36N4O3. The molecule has 1 aromatic heterocycles. The number of likely N-dealkylation sites (tertiary alicyclic amines) is 1. The van der Waals surface area contributed by atoms with Crippen molar-refractivity contribution in [3.8, 4) is 0 Å². The molecule has 1 saturated heterocycles. The summed E-state index contributed by atoms with van der Waals surface area (Å²) in [4.78, 5) is 31.2. The van der Waals surface area contributed by atoms with Crippen LogP contribution in [0.15, 0.2) is 6.20 Å². The van der Waals surface area contributed by atoms with E-state index in [9.17, 15) is 9.59 Å². The fourth-order valence-electron chi connectivity index (χ4n) is 2.18. The molecule has 7 nitrogen and oxygen atoms in total. The van der Waals surface area contributed by atoms with E-state index in [0.717, 1.165) is 30.9 Å². The van der Waals surface area contributed by atoms with Gasteiger partial charge in [0, 0.05) is 32.7 Å². The van der Waals surface area contributed by atoms with Crippen LogP contribution in [0.2, 0.25) is 0 Å². The number of hydrogen-bond donors (Lipinski definition) is 2. The Balaban J connectivity index is 0. The van der Waals surface area contributed by atoms with Gasteiger partial charge in [-0.1, -0.05) is 34.1 Å². The largest absolute Gasteiger partial charge is 0.388 e. The Kier molecular flexibility index (Phi) is 17.2. The molecule has 0 aliphatic carbocycles. The molecule has 1 atom stereocenters. The molecule has 2 N–H and O–H groups in total. The molecule has 1 aromatic rings. The lowest BCUT2D eigenvalue weighted by atomic mass is 10.2. The molecule has 146 valence electrons. The van der Waals surface area contributed by atoms with E-state index in [-0.39, 0.29) is 18.5 Å². The summed E-state index contributed by atoms with van der Waals surface area (Å²) in [7, 11) is 3.25. The highest BCUT2D eigenvalue weighted by Gasteiger charge is 2.31. The molecule has 2 rings (SSSR count). The van der Waals surface area contributed by atoms with Crippen LogP contribution in [0.4, 0.5) is 0 Å². The Morgan fingerprint density at radius 1 is 1.44 bits per heavy atom. The average molecular weight is 357 g/mol. The SMILES string of the molecule is CC.CCC.COC.Cc1cnc([C@@H]2CCCN2C(=O)CNC=O)[nH]1. The van der Waals surface area contributed by atoms with Gasteiger partial charge in [-0.2, -0.15) is 0 Å². The zero-order chi connectivity index (χ0) is 19.7. The van der Waals surface area contributed by atoms with Gasteiger partial charge in [-0.05, 0) is 19.8 Å². The second-order valence-electron chi connectivity index (χ2n) is 5.31. The second kappa shape index (κ2) is 17.0. The van der Waals surface area contributed by atoms with Gasteiger partial charge in [0.2, 0.25) is 12.3 Å². The van der Waals surface area contributed by atoms with E-state index < -0.39 is 0 Å². The van der Waals surface area contributed by atoms with Gasteiger partial charge in [0.15, 0.2) is 0 Å². The molecule has 0 bridgehead atoms. The lowest BCUT2D eigenvalue weighted by Crippen LogP contribution is -2.37. The maximum absolute atomic E-state index is 11.9. The number of ether oxygens (including phenoxy) is 1. The van der Waals surface area contributed by atoms with Crippen molar-refractivity contribution in [1.29, 1.82) is 0 Å². The van der Waals surface area contributed by atoms with Gasteiger partial charge in [-0.15, -0.1) is 0 Å². The van der Waals surface area contributed by atoms with E-state index in [2.05, 4.69) is 33.9 Å². The summed E-state index contributed by atoms with van der Waals surface area (Å²) in [6.07, 6.45) is 5.44. The number of methoxy groups -OCH3 is 1. The summed E-state index contributed by atoms with van der Waals surface area (Å²) in [5, 5.41) is 2.40.